The Bertz CT molecular complexity index is 924. The summed E-state index contributed by atoms with van der Waals surface area (Å²) in [5.41, 5.74) is 7.17. The molecule has 0 radical (unpaired) electrons. The van der Waals surface area contributed by atoms with Crippen LogP contribution in [-0.4, -0.2) is 57.5 Å². The van der Waals surface area contributed by atoms with E-state index in [1.165, 1.54) is 12.8 Å². The molecular formula is C31H57N5O4. The van der Waals surface area contributed by atoms with Gasteiger partial charge >= 0.3 is 6.03 Å². The minimum absolute atomic E-state index is 0.218. The second-order valence-electron chi connectivity index (χ2n) is 10.3. The molecule has 1 fully saturated rings. The number of nitrogens with two attached hydrogens (primary N) is 1. The number of primary amides is 1. The van der Waals surface area contributed by atoms with E-state index >= 15 is 0 Å². The highest BCUT2D eigenvalue weighted by Crippen LogP contribution is 2.30. The maximum Gasteiger partial charge on any atom is 0.317 e. The van der Waals surface area contributed by atoms with Crippen LogP contribution in [-0.2, 0) is 4.79 Å². The highest BCUT2D eigenvalue weighted by atomic mass is 16.5. The summed E-state index contributed by atoms with van der Waals surface area (Å²) < 4.78 is 7.66. The number of nitrogens with zero attached hydrogens (tertiary/aromatic N) is 3. The first kappa shape index (κ1) is 39.1. The number of rotatable bonds is 7. The number of para-hydroxylation sites is 1. The summed E-state index contributed by atoms with van der Waals surface area (Å²) >= 11 is 0. The Morgan fingerprint density at radius 1 is 1.20 bits per heavy atom. The van der Waals surface area contributed by atoms with Gasteiger partial charge in [0.2, 0.25) is 5.88 Å². The molecule has 230 valence electrons. The molecule has 40 heavy (non-hydrogen) atoms. The van der Waals surface area contributed by atoms with Crippen molar-refractivity contribution in [2.75, 3.05) is 25.0 Å². The number of benzene rings is 1. The van der Waals surface area contributed by atoms with Crippen molar-refractivity contribution in [2.24, 2.45) is 17.6 Å². The Morgan fingerprint density at radius 2 is 1.73 bits per heavy atom. The number of carboxylic acid groups (broad SMARTS) is 1. The molecule has 1 aromatic heterocycles. The van der Waals surface area contributed by atoms with Crippen molar-refractivity contribution < 1.29 is 19.4 Å². The molecule has 0 bridgehead atoms. The van der Waals surface area contributed by atoms with E-state index in [0.717, 1.165) is 36.7 Å². The maximum atomic E-state index is 11.4. The number of ether oxygens (including phenoxy) is 1. The van der Waals surface area contributed by atoms with E-state index in [-0.39, 0.29) is 12.0 Å². The molecule has 1 aliphatic heterocycles. The number of hydrogen-bond donors (Lipinski definition) is 3. The number of likely N-dealkylation sites (tertiary alicyclic amines) is 1. The monoisotopic (exact) mass is 563 g/mol. The number of aromatic nitrogens is 2. The largest absolute Gasteiger partial charge is 0.483 e. The van der Waals surface area contributed by atoms with Gasteiger partial charge in [-0.05, 0) is 71.0 Å². The third kappa shape index (κ3) is 14.9. The second-order valence-corrected chi connectivity index (χ2v) is 10.3. The fourth-order valence-electron chi connectivity index (χ4n) is 3.63. The number of amides is 2. The van der Waals surface area contributed by atoms with E-state index < -0.39 is 6.03 Å². The normalized spacial score (nSPS) is 14.2. The van der Waals surface area contributed by atoms with Gasteiger partial charge in [0, 0.05) is 12.1 Å². The summed E-state index contributed by atoms with van der Waals surface area (Å²) in [6, 6.07) is 8.98. The van der Waals surface area contributed by atoms with Gasteiger partial charge in [0.05, 0.1) is 17.9 Å². The van der Waals surface area contributed by atoms with Crippen molar-refractivity contribution in [3.63, 3.8) is 0 Å². The number of anilines is 1. The average molecular weight is 564 g/mol. The molecule has 3 rings (SSSR count). The Labute approximate surface area is 243 Å². The van der Waals surface area contributed by atoms with Crippen LogP contribution in [0.15, 0.2) is 30.3 Å². The second kappa shape index (κ2) is 21.7. The average Bonchev–Trinajstić information content (AvgIpc) is 3.53. The van der Waals surface area contributed by atoms with E-state index in [2.05, 4.69) is 56.9 Å². The van der Waals surface area contributed by atoms with E-state index in [1.807, 2.05) is 65.0 Å². The Kier molecular flexibility index (Phi) is 21.2. The lowest BCUT2D eigenvalue weighted by Crippen LogP contribution is -2.39. The van der Waals surface area contributed by atoms with Crippen molar-refractivity contribution in [3.8, 4) is 11.6 Å². The lowest BCUT2D eigenvalue weighted by Gasteiger charge is -2.31. The molecule has 1 saturated heterocycles. The minimum Gasteiger partial charge on any atom is -0.483 e. The first-order valence-corrected chi connectivity index (χ1v) is 14.6. The van der Waals surface area contributed by atoms with Crippen molar-refractivity contribution in [2.45, 2.75) is 101 Å². The highest BCUT2D eigenvalue weighted by molar-refractivity contribution is 5.88. The SMILES string of the molecule is CC.CC.CCC(C)C.Cc1c(OCCC2CCN(C(C)(C)C)C2)nn(-c2ccccc2)c1NC(N)=O.O=CO. The van der Waals surface area contributed by atoms with Gasteiger partial charge < -0.3 is 15.6 Å². The van der Waals surface area contributed by atoms with Gasteiger partial charge in [-0.25, -0.2) is 9.48 Å². The van der Waals surface area contributed by atoms with Crippen molar-refractivity contribution in [1.82, 2.24) is 14.7 Å². The third-order valence-corrected chi connectivity index (χ3v) is 6.14. The van der Waals surface area contributed by atoms with Crippen LogP contribution < -0.4 is 15.8 Å². The third-order valence-electron chi connectivity index (χ3n) is 6.14. The van der Waals surface area contributed by atoms with Crippen LogP contribution in [0.1, 0.15) is 94.1 Å². The van der Waals surface area contributed by atoms with Crippen LogP contribution in [0.5, 0.6) is 5.88 Å². The highest BCUT2D eigenvalue weighted by Gasteiger charge is 2.30. The maximum absolute atomic E-state index is 11.4. The molecule has 1 atom stereocenters. The summed E-state index contributed by atoms with van der Waals surface area (Å²) in [6.07, 6.45) is 3.50. The predicted octanol–water partition coefficient (Wildman–Crippen LogP) is 7.37. The molecule has 2 amide bonds. The first-order chi connectivity index (χ1) is 18.9. The number of nitrogens with one attached hydrogen (secondary N) is 1. The molecule has 4 N–H and O–H groups in total. The molecule has 0 saturated carbocycles. The Balaban J connectivity index is 0. The van der Waals surface area contributed by atoms with Crippen LogP contribution in [0.2, 0.25) is 0 Å². The summed E-state index contributed by atoms with van der Waals surface area (Å²) in [5.74, 6) is 2.58. The van der Waals surface area contributed by atoms with Crippen LogP contribution >= 0.6 is 0 Å². The molecule has 9 nitrogen and oxygen atoms in total. The fraction of sp³-hybridized carbons (Fsp3) is 0.645. The molecule has 2 heterocycles. The van der Waals surface area contributed by atoms with E-state index in [4.69, 9.17) is 20.4 Å². The van der Waals surface area contributed by atoms with Gasteiger partial charge in [-0.3, -0.25) is 15.0 Å². The first-order valence-electron chi connectivity index (χ1n) is 14.6. The molecule has 9 heteroatoms. The van der Waals surface area contributed by atoms with Gasteiger partial charge in [0.15, 0.2) is 0 Å². The van der Waals surface area contributed by atoms with E-state index in [0.29, 0.717) is 24.2 Å². The Hall–Kier alpha value is -3.07. The summed E-state index contributed by atoms with van der Waals surface area (Å²) in [7, 11) is 0. The topological polar surface area (TPSA) is 123 Å². The number of carbonyl (C=O) groups excluding carboxylic acids is 1. The van der Waals surface area contributed by atoms with Crippen molar-refractivity contribution >= 4 is 18.3 Å². The van der Waals surface area contributed by atoms with Crippen LogP contribution in [0.4, 0.5) is 10.6 Å². The Morgan fingerprint density at radius 3 is 2.15 bits per heavy atom. The smallest absolute Gasteiger partial charge is 0.317 e. The van der Waals surface area contributed by atoms with Gasteiger partial charge in [0.25, 0.3) is 6.47 Å². The predicted molar refractivity (Wildman–Crippen MR) is 168 cm³/mol. The summed E-state index contributed by atoms with van der Waals surface area (Å²) in [5, 5.41) is 14.1. The fourth-order valence-corrected chi connectivity index (χ4v) is 3.63. The quantitative estimate of drug-likeness (QED) is 0.302. The van der Waals surface area contributed by atoms with Crippen LogP contribution in [0.25, 0.3) is 5.69 Å². The van der Waals surface area contributed by atoms with Gasteiger partial charge in [-0.15, -0.1) is 5.10 Å². The van der Waals surface area contributed by atoms with Gasteiger partial charge in [-0.2, -0.15) is 0 Å². The zero-order chi connectivity index (χ0) is 31.3. The molecule has 1 aliphatic rings. The van der Waals surface area contributed by atoms with Crippen LogP contribution in [0.3, 0.4) is 0 Å². The number of urea groups is 1. The molecule has 0 aliphatic carbocycles. The van der Waals surface area contributed by atoms with Crippen molar-refractivity contribution in [1.29, 1.82) is 0 Å². The summed E-state index contributed by atoms with van der Waals surface area (Å²) in [4.78, 5) is 22.3. The van der Waals surface area contributed by atoms with Crippen LogP contribution in [0, 0.1) is 18.8 Å². The molecule has 2 aromatic rings. The summed E-state index contributed by atoms with van der Waals surface area (Å²) in [6.45, 7) is 25.9. The molecule has 1 aromatic carbocycles. The lowest BCUT2D eigenvalue weighted by atomic mass is 10.0. The zero-order valence-electron chi connectivity index (χ0n) is 27.0. The van der Waals surface area contributed by atoms with Crippen molar-refractivity contribution in [3.05, 3.63) is 35.9 Å². The molecule has 0 spiro atoms. The molecule has 1 unspecified atom stereocenters. The van der Waals surface area contributed by atoms with E-state index in [1.54, 1.807) is 4.68 Å². The standard InChI is InChI=1S/C21H31N5O2.C5H12.2C2H6.CH2O2/c1-15-18(23-20(22)27)26(17-8-6-5-7-9-17)24-19(15)28-13-11-16-10-12-25(14-16)21(2,3)4;1-4-5(2)3;2*1-2;2-1-3/h5-9,16H,10-14H2,1-4H3,(H3,22,23,27);5H,4H2,1-3H3;2*1-2H3;1H,(H,2,3). The number of hydrogen-bond acceptors (Lipinski definition) is 5. The number of carbonyl (C=O) groups is 2. The van der Waals surface area contributed by atoms with Gasteiger partial charge in [-0.1, -0.05) is 73.1 Å². The lowest BCUT2D eigenvalue weighted by molar-refractivity contribution is -0.122. The molecular weight excluding hydrogens is 506 g/mol. The minimum atomic E-state index is -0.625. The van der Waals surface area contributed by atoms with Gasteiger partial charge in [0.1, 0.15) is 5.82 Å². The van der Waals surface area contributed by atoms with E-state index in [9.17, 15) is 4.79 Å². The zero-order valence-corrected chi connectivity index (χ0v) is 27.0.